The van der Waals surface area contributed by atoms with E-state index in [0.29, 0.717) is 25.9 Å². The summed E-state index contributed by atoms with van der Waals surface area (Å²) in [5.74, 6) is -0.500. The number of nitrogens with two attached hydrogens (primary N) is 2. The van der Waals surface area contributed by atoms with Crippen LogP contribution in [0.3, 0.4) is 0 Å². The molecule has 0 aliphatic rings. The molecule has 0 saturated carbocycles. The number of hydrogen-bond acceptors (Lipinski definition) is 3. The molecule has 16 heavy (non-hydrogen) atoms. The predicted molar refractivity (Wildman–Crippen MR) is 66.2 cm³/mol. The topological polar surface area (TPSA) is 89.4 Å². The molecule has 0 heterocycles. The molecule has 2 amide bonds. The van der Waals surface area contributed by atoms with Crippen LogP contribution in [0.25, 0.3) is 0 Å². The Balaban J connectivity index is 0. The molecule has 0 aliphatic carbocycles. The smallest absolute Gasteiger partial charge is 0.237 e. The molecule has 0 bridgehead atoms. The summed E-state index contributed by atoms with van der Waals surface area (Å²) >= 11 is 0. The van der Waals surface area contributed by atoms with Crippen LogP contribution >= 0.6 is 12.4 Å². The van der Waals surface area contributed by atoms with Crippen LogP contribution in [-0.2, 0) is 9.59 Å². The van der Waals surface area contributed by atoms with Crippen molar-refractivity contribution in [3.8, 4) is 0 Å². The zero-order valence-electron chi connectivity index (χ0n) is 9.78. The Morgan fingerprint density at radius 2 is 1.88 bits per heavy atom. The lowest BCUT2D eigenvalue weighted by Gasteiger charge is -2.20. The number of nitrogens with zero attached hydrogens (tertiary/aromatic N) is 1. The first-order valence-corrected chi connectivity index (χ1v) is 5.38. The van der Waals surface area contributed by atoms with Crippen molar-refractivity contribution in [2.45, 2.75) is 32.6 Å². The maximum Gasteiger partial charge on any atom is 0.237 e. The van der Waals surface area contributed by atoms with Gasteiger partial charge in [0.05, 0.1) is 6.54 Å². The van der Waals surface area contributed by atoms with E-state index in [-0.39, 0.29) is 24.9 Å². The van der Waals surface area contributed by atoms with E-state index in [1.807, 2.05) is 6.92 Å². The summed E-state index contributed by atoms with van der Waals surface area (Å²) in [5, 5.41) is 0. The molecular weight excluding hydrogens is 230 g/mol. The molecule has 0 aromatic heterocycles. The second-order valence-corrected chi connectivity index (χ2v) is 3.53. The first kappa shape index (κ1) is 17.6. The Morgan fingerprint density at radius 3 is 2.31 bits per heavy atom. The molecule has 0 fully saturated rings. The van der Waals surface area contributed by atoms with Crippen molar-refractivity contribution < 1.29 is 9.59 Å². The van der Waals surface area contributed by atoms with Gasteiger partial charge in [-0.05, 0) is 19.4 Å². The van der Waals surface area contributed by atoms with Gasteiger partial charge in [0.15, 0.2) is 0 Å². The number of primary amides is 1. The van der Waals surface area contributed by atoms with Crippen LogP contribution in [0, 0.1) is 0 Å². The zero-order valence-corrected chi connectivity index (χ0v) is 10.6. The number of rotatable bonds is 8. The minimum absolute atomic E-state index is 0. The standard InChI is InChI=1S/C10H21N3O2.ClH/c1-2-3-7-13(8-9(12)14)10(15)5-4-6-11;/h2-8,11H2,1H3,(H2,12,14);1H. The van der Waals surface area contributed by atoms with Gasteiger partial charge in [-0.2, -0.15) is 0 Å². The lowest BCUT2D eigenvalue weighted by atomic mass is 10.2. The van der Waals surface area contributed by atoms with E-state index < -0.39 is 5.91 Å². The fourth-order valence-electron chi connectivity index (χ4n) is 1.24. The van der Waals surface area contributed by atoms with Crippen LogP contribution in [-0.4, -0.2) is 36.3 Å². The quantitative estimate of drug-likeness (QED) is 0.649. The molecule has 0 unspecified atom stereocenters. The van der Waals surface area contributed by atoms with Gasteiger partial charge in [0.1, 0.15) is 0 Å². The molecule has 0 spiro atoms. The summed E-state index contributed by atoms with van der Waals surface area (Å²) in [6, 6.07) is 0. The lowest BCUT2D eigenvalue weighted by Crippen LogP contribution is -2.39. The van der Waals surface area contributed by atoms with Gasteiger partial charge >= 0.3 is 0 Å². The normalized spacial score (nSPS) is 9.38. The van der Waals surface area contributed by atoms with Crippen LogP contribution in [0.1, 0.15) is 32.6 Å². The van der Waals surface area contributed by atoms with Crippen LogP contribution in [0.5, 0.6) is 0 Å². The SMILES string of the molecule is CCCCN(CC(N)=O)C(=O)CCCN.Cl. The second kappa shape index (κ2) is 10.7. The highest BCUT2D eigenvalue weighted by Crippen LogP contribution is 2.00. The van der Waals surface area contributed by atoms with E-state index in [9.17, 15) is 9.59 Å². The number of hydrogen-bond donors (Lipinski definition) is 2. The van der Waals surface area contributed by atoms with Gasteiger partial charge < -0.3 is 16.4 Å². The number of halogens is 1. The molecule has 0 atom stereocenters. The van der Waals surface area contributed by atoms with Crippen LogP contribution in [0.2, 0.25) is 0 Å². The van der Waals surface area contributed by atoms with E-state index in [1.54, 1.807) is 0 Å². The second-order valence-electron chi connectivity index (χ2n) is 3.53. The Hall–Kier alpha value is -0.810. The van der Waals surface area contributed by atoms with Crippen molar-refractivity contribution in [1.82, 2.24) is 4.90 Å². The van der Waals surface area contributed by atoms with Gasteiger partial charge in [-0.15, -0.1) is 12.4 Å². The first-order chi connectivity index (χ1) is 7.11. The first-order valence-electron chi connectivity index (χ1n) is 5.38. The van der Waals surface area contributed by atoms with E-state index in [1.165, 1.54) is 4.90 Å². The van der Waals surface area contributed by atoms with Crippen molar-refractivity contribution in [3.05, 3.63) is 0 Å². The van der Waals surface area contributed by atoms with Crippen molar-refractivity contribution >= 4 is 24.2 Å². The van der Waals surface area contributed by atoms with Gasteiger partial charge in [-0.25, -0.2) is 0 Å². The highest BCUT2D eigenvalue weighted by Gasteiger charge is 2.14. The average Bonchev–Trinajstić information content (AvgIpc) is 2.20. The third-order valence-electron chi connectivity index (χ3n) is 2.08. The van der Waals surface area contributed by atoms with Gasteiger partial charge in [-0.3, -0.25) is 9.59 Å². The van der Waals surface area contributed by atoms with E-state index in [2.05, 4.69) is 0 Å². The fraction of sp³-hybridized carbons (Fsp3) is 0.800. The summed E-state index contributed by atoms with van der Waals surface area (Å²) in [7, 11) is 0. The van der Waals surface area contributed by atoms with Crippen molar-refractivity contribution in [1.29, 1.82) is 0 Å². The van der Waals surface area contributed by atoms with Gasteiger partial charge in [0.2, 0.25) is 11.8 Å². The maximum atomic E-state index is 11.6. The highest BCUT2D eigenvalue weighted by atomic mass is 35.5. The summed E-state index contributed by atoms with van der Waals surface area (Å²) in [6.45, 7) is 3.14. The van der Waals surface area contributed by atoms with Crippen LogP contribution < -0.4 is 11.5 Å². The molecule has 0 rings (SSSR count). The molecule has 6 heteroatoms. The number of carbonyl (C=O) groups excluding carboxylic acids is 2. The minimum atomic E-state index is -0.466. The minimum Gasteiger partial charge on any atom is -0.368 e. The molecule has 0 aromatic carbocycles. The van der Waals surface area contributed by atoms with Crippen molar-refractivity contribution in [2.24, 2.45) is 11.5 Å². The lowest BCUT2D eigenvalue weighted by molar-refractivity contribution is -0.135. The largest absolute Gasteiger partial charge is 0.368 e. The van der Waals surface area contributed by atoms with Crippen LogP contribution in [0.15, 0.2) is 0 Å². The summed E-state index contributed by atoms with van der Waals surface area (Å²) < 4.78 is 0. The summed E-state index contributed by atoms with van der Waals surface area (Å²) in [6.07, 6.45) is 2.93. The van der Waals surface area contributed by atoms with Crippen molar-refractivity contribution in [2.75, 3.05) is 19.6 Å². The molecule has 0 saturated heterocycles. The third kappa shape index (κ3) is 8.49. The number of carbonyl (C=O) groups is 2. The molecule has 4 N–H and O–H groups in total. The summed E-state index contributed by atoms with van der Waals surface area (Å²) in [4.78, 5) is 23.9. The monoisotopic (exact) mass is 251 g/mol. The van der Waals surface area contributed by atoms with E-state index in [0.717, 1.165) is 12.8 Å². The Labute approximate surface area is 103 Å². The van der Waals surface area contributed by atoms with Gasteiger partial charge in [0.25, 0.3) is 0 Å². The molecule has 96 valence electrons. The van der Waals surface area contributed by atoms with E-state index in [4.69, 9.17) is 11.5 Å². The zero-order chi connectivity index (χ0) is 11.7. The average molecular weight is 252 g/mol. The Kier molecular flexibility index (Phi) is 11.8. The fourth-order valence-corrected chi connectivity index (χ4v) is 1.24. The van der Waals surface area contributed by atoms with Crippen LogP contribution in [0.4, 0.5) is 0 Å². The number of unbranched alkanes of at least 4 members (excludes halogenated alkanes) is 1. The Morgan fingerprint density at radius 1 is 1.25 bits per heavy atom. The van der Waals surface area contributed by atoms with E-state index >= 15 is 0 Å². The maximum absolute atomic E-state index is 11.6. The molecule has 0 aromatic rings. The Bertz CT molecular complexity index is 212. The van der Waals surface area contributed by atoms with Crippen molar-refractivity contribution in [3.63, 3.8) is 0 Å². The number of amides is 2. The highest BCUT2D eigenvalue weighted by molar-refractivity contribution is 5.85. The van der Waals surface area contributed by atoms with Gasteiger partial charge in [0, 0.05) is 13.0 Å². The molecule has 0 radical (unpaired) electrons. The summed E-state index contributed by atoms with van der Waals surface area (Å²) in [5.41, 5.74) is 10.4. The molecule has 5 nitrogen and oxygen atoms in total. The third-order valence-corrected chi connectivity index (χ3v) is 2.08. The molecular formula is C10H22ClN3O2. The predicted octanol–water partition coefficient (Wildman–Crippen LogP) is 0.261. The molecule has 0 aliphatic heterocycles. The van der Waals surface area contributed by atoms with Gasteiger partial charge in [-0.1, -0.05) is 13.3 Å².